The summed E-state index contributed by atoms with van der Waals surface area (Å²) in [6.07, 6.45) is 0. The lowest BCUT2D eigenvalue weighted by Gasteiger charge is -2.13. The van der Waals surface area contributed by atoms with Crippen LogP contribution in [0.15, 0.2) is 152 Å². The van der Waals surface area contributed by atoms with Gasteiger partial charge in [0.25, 0.3) is 0 Å². The van der Waals surface area contributed by atoms with E-state index in [1.165, 1.54) is 57.5 Å². The molecule has 7 aromatic carbocycles. The number of benzene rings is 7. The fraction of sp³-hybridized carbons (Fsp3) is 0. The van der Waals surface area contributed by atoms with Gasteiger partial charge in [-0.2, -0.15) is 0 Å². The van der Waals surface area contributed by atoms with E-state index in [9.17, 15) is 0 Å². The topological polar surface area (TPSA) is 30.7 Å². The van der Waals surface area contributed by atoms with Gasteiger partial charge in [-0.3, -0.25) is 4.57 Å². The van der Waals surface area contributed by atoms with Crippen LogP contribution in [0.2, 0.25) is 0 Å². The summed E-state index contributed by atoms with van der Waals surface area (Å²) in [5, 5.41) is 8.54. The molecule has 0 atom stereocenters. The number of aromatic nitrogens is 3. The van der Waals surface area contributed by atoms with Gasteiger partial charge in [0.2, 0.25) is 5.95 Å². The maximum absolute atomic E-state index is 5.49. The first-order valence-corrected chi connectivity index (χ1v) is 18.1. The van der Waals surface area contributed by atoms with E-state index in [0.29, 0.717) is 5.95 Å². The average Bonchev–Trinajstić information content (AvgIpc) is 3.83. The maximum atomic E-state index is 5.49. The molecule has 4 heterocycles. The van der Waals surface area contributed by atoms with Crippen LogP contribution in [0.1, 0.15) is 0 Å². The van der Waals surface area contributed by atoms with Gasteiger partial charge in [-0.05, 0) is 35.0 Å². The second-order valence-corrected chi connectivity index (χ2v) is 14.7. The van der Waals surface area contributed by atoms with E-state index in [1.807, 2.05) is 11.3 Å². The second-order valence-electron chi connectivity index (χ2n) is 12.5. The van der Waals surface area contributed by atoms with E-state index in [1.54, 1.807) is 11.3 Å². The SMILES string of the molecule is c1ccc(-c2nc(-n3c4cc5ccccc5cc4c4cccc(-c5cccc6c5sc5ccccc56)c43)nc3c2sc2ccccc23)cc1. The first kappa shape index (κ1) is 27.1. The van der Waals surface area contributed by atoms with Crippen molar-refractivity contribution in [2.75, 3.05) is 0 Å². The summed E-state index contributed by atoms with van der Waals surface area (Å²) in [5.41, 5.74) is 7.66. The van der Waals surface area contributed by atoms with Crippen LogP contribution in [0, 0.1) is 0 Å². The Balaban J connectivity index is 1.32. The second kappa shape index (κ2) is 10.3. The number of hydrogen-bond donors (Lipinski definition) is 0. The third-order valence-corrected chi connectivity index (χ3v) is 12.2. The molecule has 0 saturated heterocycles. The molecular formula is C44H25N3S2. The Morgan fingerprint density at radius 3 is 1.92 bits per heavy atom. The van der Waals surface area contributed by atoms with Crippen molar-refractivity contribution < 1.29 is 0 Å². The zero-order chi connectivity index (χ0) is 32.1. The van der Waals surface area contributed by atoms with Crippen molar-refractivity contribution in [3.63, 3.8) is 0 Å². The van der Waals surface area contributed by atoms with Crippen molar-refractivity contribution in [3.05, 3.63) is 152 Å². The van der Waals surface area contributed by atoms with E-state index in [0.717, 1.165) is 37.9 Å². The predicted molar refractivity (Wildman–Crippen MR) is 211 cm³/mol. The van der Waals surface area contributed by atoms with Gasteiger partial charge in [-0.15, -0.1) is 22.7 Å². The monoisotopic (exact) mass is 659 g/mol. The first-order chi connectivity index (χ1) is 24.3. The van der Waals surface area contributed by atoms with Crippen LogP contribution in [0.4, 0.5) is 0 Å². The highest BCUT2D eigenvalue weighted by atomic mass is 32.1. The zero-order valence-electron chi connectivity index (χ0n) is 26.1. The Morgan fingerprint density at radius 1 is 0.449 bits per heavy atom. The molecule has 11 aromatic rings. The molecule has 0 unspecified atom stereocenters. The number of thiophene rings is 2. The molecule has 0 radical (unpaired) electrons. The van der Waals surface area contributed by atoms with Crippen LogP contribution in [0.5, 0.6) is 0 Å². The summed E-state index contributed by atoms with van der Waals surface area (Å²) in [7, 11) is 0. The van der Waals surface area contributed by atoms with Crippen molar-refractivity contribution in [1.29, 1.82) is 0 Å². The third-order valence-electron chi connectivity index (χ3n) is 9.80. The summed E-state index contributed by atoms with van der Waals surface area (Å²) in [4.78, 5) is 11.0. The Kier molecular flexibility index (Phi) is 5.70. The van der Waals surface area contributed by atoms with E-state index in [-0.39, 0.29) is 0 Å². The number of rotatable bonds is 3. The standard InChI is InChI=1S/C44H25N3S2/c1-2-12-26(13-3-1)39-43-40(34-17-7-9-23-38(34)49-43)46-44(45-39)47-36-25-28-15-5-4-14-27(28)24-35(36)31-19-10-18-30(41(31)47)33-21-11-20-32-29-16-6-8-22-37(29)48-42(32)33/h1-25H. The van der Waals surface area contributed by atoms with Crippen molar-refractivity contribution in [2.45, 2.75) is 0 Å². The molecule has 0 bridgehead atoms. The highest BCUT2D eigenvalue weighted by molar-refractivity contribution is 7.26. The fourth-order valence-corrected chi connectivity index (χ4v) is 9.99. The normalized spacial score (nSPS) is 12.1. The number of nitrogens with zero attached hydrogens (tertiary/aromatic N) is 3. The summed E-state index contributed by atoms with van der Waals surface area (Å²) in [5.74, 6) is 0.682. The predicted octanol–water partition coefficient (Wildman–Crippen LogP) is 12.8. The molecule has 0 spiro atoms. The minimum Gasteiger partial charge on any atom is -0.277 e. The molecule has 0 amide bonds. The van der Waals surface area contributed by atoms with Crippen LogP contribution in [-0.4, -0.2) is 14.5 Å². The highest BCUT2D eigenvalue weighted by Crippen LogP contribution is 2.45. The lowest BCUT2D eigenvalue weighted by molar-refractivity contribution is 1.02. The van der Waals surface area contributed by atoms with Gasteiger partial charge in [0, 0.05) is 57.7 Å². The molecule has 0 aliphatic rings. The van der Waals surface area contributed by atoms with Crippen molar-refractivity contribution in [2.24, 2.45) is 0 Å². The Morgan fingerprint density at radius 2 is 1.08 bits per heavy atom. The molecule has 0 N–H and O–H groups in total. The van der Waals surface area contributed by atoms with Crippen molar-refractivity contribution in [1.82, 2.24) is 14.5 Å². The Labute approximate surface area is 289 Å². The van der Waals surface area contributed by atoms with E-state index >= 15 is 0 Å². The molecule has 3 nitrogen and oxygen atoms in total. The van der Waals surface area contributed by atoms with Crippen molar-refractivity contribution >= 4 is 95.7 Å². The van der Waals surface area contributed by atoms with Gasteiger partial charge in [0.1, 0.15) is 0 Å². The van der Waals surface area contributed by atoms with Crippen LogP contribution in [0.3, 0.4) is 0 Å². The molecule has 228 valence electrons. The molecule has 4 aromatic heterocycles. The minimum atomic E-state index is 0.682. The summed E-state index contributed by atoms with van der Waals surface area (Å²) in [6, 6.07) is 54.6. The molecular weight excluding hydrogens is 635 g/mol. The largest absolute Gasteiger partial charge is 0.277 e. The van der Waals surface area contributed by atoms with Gasteiger partial charge in [0.05, 0.1) is 26.9 Å². The molecule has 5 heteroatoms. The van der Waals surface area contributed by atoms with Gasteiger partial charge in [-0.1, -0.05) is 127 Å². The third kappa shape index (κ3) is 3.94. The number of hydrogen-bond acceptors (Lipinski definition) is 4. The van der Waals surface area contributed by atoms with Crippen LogP contribution >= 0.6 is 22.7 Å². The Bertz CT molecular complexity index is 3110. The van der Waals surface area contributed by atoms with Crippen LogP contribution < -0.4 is 0 Å². The van der Waals surface area contributed by atoms with E-state index in [4.69, 9.17) is 9.97 Å². The number of para-hydroxylation sites is 1. The first-order valence-electron chi connectivity index (χ1n) is 16.4. The molecule has 0 aliphatic carbocycles. The smallest absolute Gasteiger partial charge is 0.235 e. The van der Waals surface area contributed by atoms with Gasteiger partial charge >= 0.3 is 0 Å². The van der Waals surface area contributed by atoms with Crippen LogP contribution in [0.25, 0.3) is 101 Å². The minimum absolute atomic E-state index is 0.682. The van der Waals surface area contributed by atoms with E-state index in [2.05, 4.69) is 156 Å². The van der Waals surface area contributed by atoms with E-state index < -0.39 is 0 Å². The molecule has 0 saturated carbocycles. The maximum Gasteiger partial charge on any atom is 0.235 e. The van der Waals surface area contributed by atoms with Gasteiger partial charge < -0.3 is 0 Å². The summed E-state index contributed by atoms with van der Waals surface area (Å²) in [6.45, 7) is 0. The molecule has 0 aliphatic heterocycles. The highest BCUT2D eigenvalue weighted by Gasteiger charge is 2.23. The average molecular weight is 660 g/mol. The quantitative estimate of drug-likeness (QED) is 0.189. The van der Waals surface area contributed by atoms with Gasteiger partial charge in [-0.25, -0.2) is 9.97 Å². The van der Waals surface area contributed by atoms with Gasteiger partial charge in [0.15, 0.2) is 0 Å². The molecule has 11 rings (SSSR count). The molecule has 0 fully saturated rings. The molecule has 49 heavy (non-hydrogen) atoms. The number of fused-ring (bicyclic) bond motifs is 10. The summed E-state index contributed by atoms with van der Waals surface area (Å²) >= 11 is 3.64. The van der Waals surface area contributed by atoms with Crippen molar-refractivity contribution in [3.8, 4) is 28.3 Å². The van der Waals surface area contributed by atoms with Crippen LogP contribution in [-0.2, 0) is 0 Å². The fourth-order valence-electron chi connectivity index (χ4n) is 7.61. The summed E-state index contributed by atoms with van der Waals surface area (Å²) < 4.78 is 7.25. The zero-order valence-corrected chi connectivity index (χ0v) is 27.7. The Hall–Kier alpha value is -5.88. The lowest BCUT2D eigenvalue weighted by Crippen LogP contribution is -2.03. The lowest BCUT2D eigenvalue weighted by atomic mass is 9.99.